The van der Waals surface area contributed by atoms with E-state index in [4.69, 9.17) is 9.57 Å². The van der Waals surface area contributed by atoms with Gasteiger partial charge in [-0.1, -0.05) is 11.2 Å². The number of morpholine rings is 1. The largest absolute Gasteiger partial charge is 0.385 e. The number of ether oxygens (including phenoxy) is 1. The summed E-state index contributed by atoms with van der Waals surface area (Å²) < 4.78 is 31.9. The number of amides is 2. The molecule has 0 bridgehead atoms. The fourth-order valence-electron chi connectivity index (χ4n) is 2.89. The fraction of sp³-hybridized carbons (Fsp3) is 0.250. The van der Waals surface area contributed by atoms with Gasteiger partial charge in [0.1, 0.15) is 6.21 Å². The van der Waals surface area contributed by atoms with Crippen LogP contribution >= 0.6 is 0 Å². The Morgan fingerprint density at radius 2 is 1.82 bits per heavy atom. The lowest BCUT2D eigenvalue weighted by Crippen LogP contribution is -2.40. The lowest BCUT2D eigenvalue weighted by atomic mass is 10.3. The number of anilines is 2. The average Bonchev–Trinajstić information content (AvgIpc) is 2.83. The zero-order valence-corrected chi connectivity index (χ0v) is 18.6. The molecular weight excluding hydrogens is 470 g/mol. The van der Waals surface area contributed by atoms with Crippen molar-refractivity contribution >= 4 is 45.1 Å². The van der Waals surface area contributed by atoms with Gasteiger partial charge in [-0.3, -0.25) is 19.7 Å². The van der Waals surface area contributed by atoms with Crippen LogP contribution in [0.15, 0.2) is 58.6 Å². The number of rotatable bonds is 9. The van der Waals surface area contributed by atoms with Crippen molar-refractivity contribution in [3.8, 4) is 0 Å². The summed E-state index contributed by atoms with van der Waals surface area (Å²) >= 11 is 0. The van der Waals surface area contributed by atoms with E-state index < -0.39 is 33.4 Å². The van der Waals surface area contributed by atoms with Crippen molar-refractivity contribution in [3.63, 3.8) is 0 Å². The van der Waals surface area contributed by atoms with Crippen LogP contribution in [0.3, 0.4) is 0 Å². The van der Waals surface area contributed by atoms with Gasteiger partial charge in [0.05, 0.1) is 23.0 Å². The van der Waals surface area contributed by atoms with Crippen LogP contribution in [0.2, 0.25) is 0 Å². The number of oxime groups is 1. The lowest BCUT2D eigenvalue weighted by Gasteiger charge is -2.26. The van der Waals surface area contributed by atoms with Gasteiger partial charge in [0.15, 0.2) is 6.61 Å². The van der Waals surface area contributed by atoms with E-state index in [2.05, 4.69) is 15.8 Å². The number of nitro groups is 1. The third kappa shape index (κ3) is 6.81. The van der Waals surface area contributed by atoms with E-state index >= 15 is 0 Å². The highest BCUT2D eigenvalue weighted by molar-refractivity contribution is 7.89. The number of carbonyl (C=O) groups excluding carboxylic acids is 2. The molecule has 14 heteroatoms. The molecule has 2 aromatic carbocycles. The van der Waals surface area contributed by atoms with Crippen LogP contribution in [0.25, 0.3) is 0 Å². The summed E-state index contributed by atoms with van der Waals surface area (Å²) in [5.41, 5.74) is 0.444. The number of non-ortho nitro benzene ring substituents is 1. The quantitative estimate of drug-likeness (QED) is 0.299. The average molecular weight is 491 g/mol. The minimum Gasteiger partial charge on any atom is -0.385 e. The molecule has 34 heavy (non-hydrogen) atoms. The van der Waals surface area contributed by atoms with Crippen molar-refractivity contribution in [2.24, 2.45) is 5.16 Å². The van der Waals surface area contributed by atoms with Gasteiger partial charge >= 0.3 is 0 Å². The van der Waals surface area contributed by atoms with Crippen molar-refractivity contribution in [2.45, 2.75) is 4.90 Å². The summed E-state index contributed by atoms with van der Waals surface area (Å²) in [7, 11) is -3.71. The first-order chi connectivity index (χ1) is 16.3. The maximum atomic E-state index is 12.7. The molecule has 2 aromatic rings. The highest BCUT2D eigenvalue weighted by Crippen LogP contribution is 2.20. The summed E-state index contributed by atoms with van der Waals surface area (Å²) in [4.78, 5) is 38.7. The van der Waals surface area contributed by atoms with Gasteiger partial charge < -0.3 is 20.2 Å². The summed E-state index contributed by atoms with van der Waals surface area (Å²) in [5.74, 6) is -1.29. The van der Waals surface area contributed by atoms with Gasteiger partial charge in [-0.25, -0.2) is 8.42 Å². The molecule has 0 radical (unpaired) electrons. The van der Waals surface area contributed by atoms with Crippen LogP contribution in [-0.2, 0) is 29.2 Å². The second-order valence-electron chi connectivity index (χ2n) is 6.89. The molecule has 0 atom stereocenters. The maximum absolute atomic E-state index is 12.7. The Balaban J connectivity index is 1.47. The normalized spacial score (nSPS) is 14.5. The third-order valence-electron chi connectivity index (χ3n) is 4.51. The van der Waals surface area contributed by atoms with Crippen molar-refractivity contribution < 1.29 is 32.5 Å². The van der Waals surface area contributed by atoms with Crippen LogP contribution in [0.1, 0.15) is 0 Å². The summed E-state index contributed by atoms with van der Waals surface area (Å²) in [6.45, 7) is 0.617. The number of nitrogens with one attached hydrogen (secondary N) is 2. The summed E-state index contributed by atoms with van der Waals surface area (Å²) in [6, 6.07) is 11.0. The van der Waals surface area contributed by atoms with Gasteiger partial charge in [0, 0.05) is 36.6 Å². The molecule has 2 N–H and O–H groups in total. The number of nitro benzene ring substituents is 1. The molecule has 1 heterocycles. The third-order valence-corrected chi connectivity index (χ3v) is 6.41. The van der Waals surface area contributed by atoms with Crippen molar-refractivity contribution in [2.75, 3.05) is 43.5 Å². The smallest absolute Gasteiger partial charge is 0.270 e. The Bertz CT molecular complexity index is 1180. The SMILES string of the molecule is O=C(C=NOCC(=O)Nc1cccc(S(=O)(=O)N2CCOCC2)c1)Nc1ccc([N+](=O)[O-])cc1. The Hall–Kier alpha value is -3.88. The number of sulfonamides is 1. The van der Waals surface area contributed by atoms with Crippen LogP contribution in [0, 0.1) is 10.1 Å². The van der Waals surface area contributed by atoms with E-state index in [-0.39, 0.29) is 29.4 Å². The van der Waals surface area contributed by atoms with E-state index in [1.54, 1.807) is 0 Å². The number of benzene rings is 2. The van der Waals surface area contributed by atoms with Crippen LogP contribution < -0.4 is 10.6 Å². The molecule has 3 rings (SSSR count). The van der Waals surface area contributed by atoms with Crippen LogP contribution in [0.4, 0.5) is 17.1 Å². The topological polar surface area (TPSA) is 170 Å². The molecule has 180 valence electrons. The van der Waals surface area contributed by atoms with E-state index in [0.717, 1.165) is 6.21 Å². The summed E-state index contributed by atoms with van der Waals surface area (Å²) in [6.07, 6.45) is 0.796. The van der Waals surface area contributed by atoms with Crippen LogP contribution in [-0.4, -0.2) is 68.6 Å². The molecule has 2 amide bonds. The minimum absolute atomic E-state index is 0.0362. The molecule has 1 saturated heterocycles. The van der Waals surface area contributed by atoms with Gasteiger partial charge in [-0.05, 0) is 30.3 Å². The molecule has 1 aliphatic heterocycles. The molecule has 0 unspecified atom stereocenters. The second kappa shape index (κ2) is 11.3. The Morgan fingerprint density at radius 3 is 2.50 bits per heavy atom. The standard InChI is InChI=1S/C20H21N5O8S/c26-19(22-15-4-6-17(7-5-15)25(28)29)13-21-33-14-20(27)23-16-2-1-3-18(12-16)34(30,31)24-8-10-32-11-9-24/h1-7,12-13H,8-11,14H2,(H,22,26)(H,23,27). The van der Waals surface area contributed by atoms with Gasteiger partial charge in [0.2, 0.25) is 10.0 Å². The van der Waals surface area contributed by atoms with Crippen molar-refractivity contribution in [1.82, 2.24) is 4.31 Å². The van der Waals surface area contributed by atoms with E-state index in [9.17, 15) is 28.1 Å². The predicted molar refractivity (Wildman–Crippen MR) is 121 cm³/mol. The number of nitrogens with zero attached hydrogens (tertiary/aromatic N) is 3. The first-order valence-corrected chi connectivity index (χ1v) is 11.4. The molecule has 0 spiro atoms. The molecule has 0 aliphatic carbocycles. The second-order valence-corrected chi connectivity index (χ2v) is 8.83. The molecule has 1 fully saturated rings. The molecule has 1 aliphatic rings. The van der Waals surface area contributed by atoms with Crippen molar-refractivity contribution in [1.29, 1.82) is 0 Å². The zero-order chi connectivity index (χ0) is 24.6. The highest BCUT2D eigenvalue weighted by atomic mass is 32.2. The molecule has 0 aromatic heterocycles. The van der Waals surface area contributed by atoms with Crippen LogP contribution in [0.5, 0.6) is 0 Å². The first-order valence-electron chi connectivity index (χ1n) is 9.94. The number of hydrogen-bond donors (Lipinski definition) is 2. The molecule has 0 saturated carbocycles. The van der Waals surface area contributed by atoms with Gasteiger partial charge in [-0.2, -0.15) is 4.31 Å². The predicted octanol–water partition coefficient (Wildman–Crippen LogP) is 1.20. The first kappa shape index (κ1) is 24.8. The van der Waals surface area contributed by atoms with E-state index in [1.165, 1.54) is 52.8 Å². The number of hydrogen-bond acceptors (Lipinski definition) is 9. The lowest BCUT2D eigenvalue weighted by molar-refractivity contribution is -0.384. The van der Waals surface area contributed by atoms with E-state index in [0.29, 0.717) is 18.9 Å². The molecular formula is C20H21N5O8S. The number of carbonyl (C=O) groups is 2. The monoisotopic (exact) mass is 491 g/mol. The fourth-order valence-corrected chi connectivity index (χ4v) is 4.34. The van der Waals surface area contributed by atoms with Gasteiger partial charge in [0.25, 0.3) is 17.5 Å². The zero-order valence-electron chi connectivity index (χ0n) is 17.7. The molecule has 13 nitrogen and oxygen atoms in total. The van der Waals surface area contributed by atoms with E-state index in [1.807, 2.05) is 0 Å². The Labute approximate surface area is 194 Å². The summed E-state index contributed by atoms with van der Waals surface area (Å²) in [5, 5.41) is 18.9. The van der Waals surface area contributed by atoms with Crippen molar-refractivity contribution in [3.05, 3.63) is 58.6 Å². The van der Waals surface area contributed by atoms with Gasteiger partial charge in [-0.15, -0.1) is 0 Å². The Morgan fingerprint density at radius 1 is 1.12 bits per heavy atom. The highest BCUT2D eigenvalue weighted by Gasteiger charge is 2.26. The Kier molecular flexibility index (Phi) is 8.24. The maximum Gasteiger partial charge on any atom is 0.270 e. The minimum atomic E-state index is -3.71.